The van der Waals surface area contributed by atoms with Crippen molar-refractivity contribution in [3.05, 3.63) is 18.2 Å². The van der Waals surface area contributed by atoms with Crippen molar-refractivity contribution in [1.82, 2.24) is 9.55 Å². The molecule has 2 N–H and O–H groups in total. The van der Waals surface area contributed by atoms with E-state index in [1.807, 2.05) is 12.4 Å². The summed E-state index contributed by atoms with van der Waals surface area (Å²) in [6.07, 6.45) is 11.4. The molecule has 0 aromatic carbocycles. The second kappa shape index (κ2) is 4.79. The normalized spacial score (nSPS) is 27.6. The summed E-state index contributed by atoms with van der Waals surface area (Å²) in [6, 6.07) is 0.379. The number of hydrogen-bond donors (Lipinski definition) is 1. The highest BCUT2D eigenvalue weighted by molar-refractivity contribution is 4.95. The summed E-state index contributed by atoms with van der Waals surface area (Å²) < 4.78 is 2.11. The largest absolute Gasteiger partial charge is 0.338 e. The number of nitrogens with two attached hydrogens (primary N) is 1. The molecule has 15 heavy (non-hydrogen) atoms. The van der Waals surface area contributed by atoms with Gasteiger partial charge in [-0.1, -0.05) is 19.3 Å². The first kappa shape index (κ1) is 10.7. The van der Waals surface area contributed by atoms with E-state index in [0.717, 1.165) is 6.42 Å². The Hall–Kier alpha value is -0.830. The van der Waals surface area contributed by atoms with Crippen LogP contribution in [0.4, 0.5) is 0 Å². The minimum absolute atomic E-state index is 0.379. The number of hydrogen-bond acceptors (Lipinski definition) is 2. The van der Waals surface area contributed by atoms with Crippen LogP contribution in [0.2, 0.25) is 0 Å². The molecule has 1 fully saturated rings. The van der Waals surface area contributed by atoms with Crippen LogP contribution in [-0.4, -0.2) is 15.6 Å². The van der Waals surface area contributed by atoms with E-state index in [1.165, 1.54) is 37.9 Å². The van der Waals surface area contributed by atoms with Crippen LogP contribution in [0.15, 0.2) is 12.4 Å². The van der Waals surface area contributed by atoms with Crippen molar-refractivity contribution in [3.63, 3.8) is 0 Å². The van der Waals surface area contributed by atoms with Gasteiger partial charge in [0.25, 0.3) is 0 Å². The van der Waals surface area contributed by atoms with Gasteiger partial charge in [-0.15, -0.1) is 0 Å². The Morgan fingerprint density at radius 3 is 2.93 bits per heavy atom. The average Bonchev–Trinajstić information content (AvgIpc) is 2.50. The lowest BCUT2D eigenvalue weighted by Crippen LogP contribution is -2.31. The lowest BCUT2D eigenvalue weighted by atomic mass is 9.92. The molecule has 0 amide bonds. The van der Waals surface area contributed by atoms with Crippen molar-refractivity contribution in [3.8, 4) is 0 Å². The molecule has 0 bridgehead atoms. The Bertz CT molecular complexity index is 306. The number of nitrogens with zero attached hydrogens (tertiary/aromatic N) is 2. The van der Waals surface area contributed by atoms with Gasteiger partial charge in [-0.25, -0.2) is 4.98 Å². The molecule has 0 radical (unpaired) electrons. The zero-order valence-electron chi connectivity index (χ0n) is 9.52. The Kier molecular flexibility index (Phi) is 3.41. The van der Waals surface area contributed by atoms with Gasteiger partial charge in [0.15, 0.2) is 0 Å². The lowest BCUT2D eigenvalue weighted by molar-refractivity contribution is 0.385. The highest BCUT2D eigenvalue weighted by atomic mass is 15.0. The lowest BCUT2D eigenvalue weighted by Gasteiger charge is -2.20. The Labute approximate surface area is 91.7 Å². The van der Waals surface area contributed by atoms with E-state index >= 15 is 0 Å². The molecular weight excluding hydrogens is 186 g/mol. The van der Waals surface area contributed by atoms with E-state index < -0.39 is 0 Å². The van der Waals surface area contributed by atoms with Crippen molar-refractivity contribution in [2.24, 2.45) is 18.7 Å². The minimum Gasteiger partial charge on any atom is -0.338 e. The van der Waals surface area contributed by atoms with Crippen molar-refractivity contribution in [1.29, 1.82) is 0 Å². The summed E-state index contributed by atoms with van der Waals surface area (Å²) in [5.74, 6) is 1.81. The summed E-state index contributed by atoms with van der Waals surface area (Å²) in [5.41, 5.74) is 6.21. The molecule has 2 atom stereocenters. The zero-order valence-corrected chi connectivity index (χ0v) is 9.52. The third-order valence-electron chi connectivity index (χ3n) is 3.58. The monoisotopic (exact) mass is 207 g/mol. The van der Waals surface area contributed by atoms with Gasteiger partial charge in [0.05, 0.1) is 0 Å². The molecule has 2 unspecified atom stereocenters. The predicted molar refractivity (Wildman–Crippen MR) is 61.5 cm³/mol. The molecule has 1 saturated carbocycles. The molecule has 3 heteroatoms. The average molecular weight is 207 g/mol. The molecule has 0 spiro atoms. The van der Waals surface area contributed by atoms with E-state index in [1.54, 1.807) is 0 Å². The van der Waals surface area contributed by atoms with Crippen LogP contribution in [0, 0.1) is 5.92 Å². The van der Waals surface area contributed by atoms with E-state index in [2.05, 4.69) is 16.6 Å². The minimum atomic E-state index is 0.379. The van der Waals surface area contributed by atoms with E-state index in [4.69, 9.17) is 5.73 Å². The summed E-state index contributed by atoms with van der Waals surface area (Å²) in [7, 11) is 2.06. The van der Waals surface area contributed by atoms with Gasteiger partial charge >= 0.3 is 0 Å². The molecular formula is C12H21N3. The molecule has 0 saturated heterocycles. The van der Waals surface area contributed by atoms with Gasteiger partial charge in [0.1, 0.15) is 5.82 Å². The number of imidazole rings is 1. The molecule has 1 aliphatic rings. The maximum absolute atomic E-state index is 6.21. The Morgan fingerprint density at radius 1 is 1.40 bits per heavy atom. The quantitative estimate of drug-likeness (QED) is 0.752. The Balaban J connectivity index is 2.00. The van der Waals surface area contributed by atoms with Gasteiger partial charge in [-0.2, -0.15) is 0 Å². The first-order valence-electron chi connectivity index (χ1n) is 5.99. The maximum atomic E-state index is 6.21. The number of aryl methyl sites for hydroxylation is 1. The number of aromatic nitrogens is 2. The summed E-state index contributed by atoms with van der Waals surface area (Å²) >= 11 is 0. The smallest absolute Gasteiger partial charge is 0.108 e. The van der Waals surface area contributed by atoms with Gasteiger partial charge < -0.3 is 10.3 Å². The van der Waals surface area contributed by atoms with Crippen LogP contribution in [-0.2, 0) is 13.5 Å². The van der Waals surface area contributed by atoms with Crippen molar-refractivity contribution in [2.75, 3.05) is 0 Å². The van der Waals surface area contributed by atoms with Crippen molar-refractivity contribution in [2.45, 2.75) is 44.6 Å². The first-order valence-corrected chi connectivity index (χ1v) is 5.99. The van der Waals surface area contributed by atoms with Crippen LogP contribution < -0.4 is 5.73 Å². The van der Waals surface area contributed by atoms with Crippen LogP contribution in [0.1, 0.15) is 37.9 Å². The maximum Gasteiger partial charge on any atom is 0.108 e. The number of rotatable bonds is 2. The van der Waals surface area contributed by atoms with E-state index in [0.29, 0.717) is 12.0 Å². The molecule has 1 aliphatic carbocycles. The molecule has 84 valence electrons. The van der Waals surface area contributed by atoms with E-state index in [-0.39, 0.29) is 0 Å². The van der Waals surface area contributed by atoms with Crippen molar-refractivity contribution >= 4 is 0 Å². The summed E-state index contributed by atoms with van der Waals surface area (Å²) in [6.45, 7) is 0. The Morgan fingerprint density at radius 2 is 2.20 bits per heavy atom. The molecule has 1 heterocycles. The van der Waals surface area contributed by atoms with Crippen LogP contribution >= 0.6 is 0 Å². The second-order valence-corrected chi connectivity index (χ2v) is 4.72. The molecule has 1 aromatic heterocycles. The fraction of sp³-hybridized carbons (Fsp3) is 0.750. The fourth-order valence-electron chi connectivity index (χ4n) is 2.49. The van der Waals surface area contributed by atoms with Gasteiger partial charge in [-0.05, 0) is 18.8 Å². The first-order chi connectivity index (χ1) is 7.27. The highest BCUT2D eigenvalue weighted by Gasteiger charge is 2.21. The van der Waals surface area contributed by atoms with Gasteiger partial charge in [0, 0.05) is 31.9 Å². The van der Waals surface area contributed by atoms with E-state index in [9.17, 15) is 0 Å². The molecule has 0 aliphatic heterocycles. The summed E-state index contributed by atoms with van der Waals surface area (Å²) in [4.78, 5) is 4.38. The molecule has 1 aromatic rings. The second-order valence-electron chi connectivity index (χ2n) is 4.72. The van der Waals surface area contributed by atoms with Crippen LogP contribution in [0.5, 0.6) is 0 Å². The molecule has 3 nitrogen and oxygen atoms in total. The SMILES string of the molecule is Cn1ccnc1CC1CCCCCC1N. The fourth-order valence-corrected chi connectivity index (χ4v) is 2.49. The standard InChI is InChI=1S/C12H21N3/c1-15-8-7-14-12(15)9-10-5-3-2-4-6-11(10)13/h7-8,10-11H,2-6,9,13H2,1H3. The van der Waals surface area contributed by atoms with Gasteiger partial charge in [0.2, 0.25) is 0 Å². The van der Waals surface area contributed by atoms with Crippen molar-refractivity contribution < 1.29 is 0 Å². The zero-order chi connectivity index (χ0) is 10.7. The van der Waals surface area contributed by atoms with Gasteiger partial charge in [-0.3, -0.25) is 0 Å². The third kappa shape index (κ3) is 2.59. The van der Waals surface area contributed by atoms with Crippen LogP contribution in [0.25, 0.3) is 0 Å². The summed E-state index contributed by atoms with van der Waals surface area (Å²) in [5, 5.41) is 0. The third-order valence-corrected chi connectivity index (χ3v) is 3.58. The topological polar surface area (TPSA) is 43.8 Å². The predicted octanol–water partition coefficient (Wildman–Crippen LogP) is 1.87. The highest BCUT2D eigenvalue weighted by Crippen LogP contribution is 2.24. The van der Waals surface area contributed by atoms with Crippen LogP contribution in [0.3, 0.4) is 0 Å². The molecule has 2 rings (SSSR count).